The topological polar surface area (TPSA) is 61.4 Å². The minimum atomic E-state index is -0.315. The largest absolute Gasteiger partial charge is 0.462 e. The summed E-state index contributed by atoms with van der Waals surface area (Å²) < 4.78 is 9.26. The number of carbonyl (C=O) groups is 1. The lowest BCUT2D eigenvalue weighted by atomic mass is 10.2. The van der Waals surface area contributed by atoms with Crippen molar-refractivity contribution in [2.24, 2.45) is 0 Å². The second kappa shape index (κ2) is 7.44. The zero-order valence-corrected chi connectivity index (χ0v) is 16.1. The Kier molecular flexibility index (Phi) is 4.85. The number of thioether (sulfide) groups is 1. The third-order valence-electron chi connectivity index (χ3n) is 4.30. The molecule has 4 rings (SSSR count). The minimum absolute atomic E-state index is 0.315. The van der Waals surface area contributed by atoms with Crippen molar-refractivity contribution in [1.82, 2.24) is 18.9 Å². The average molecular weight is 380 g/mol. The number of benzene rings is 1. The quantitative estimate of drug-likeness (QED) is 0.371. The molecule has 0 amide bonds. The third-order valence-corrected chi connectivity index (χ3v) is 5.31. The number of aromatic nitrogens is 4. The van der Waals surface area contributed by atoms with Crippen LogP contribution in [0.5, 0.6) is 0 Å². The first-order valence-corrected chi connectivity index (χ1v) is 9.91. The van der Waals surface area contributed by atoms with E-state index >= 15 is 0 Å². The standard InChI is InChI=1S/C20H20N4O2S/c1-3-24-17-9-8-14(19(25)26-4-2)11-16(17)22-20(24)27-13-15-12-23-10-6-5-7-18(23)21-15/h5-12H,3-4,13H2,1-2H3. The lowest BCUT2D eigenvalue weighted by Gasteiger charge is -2.05. The van der Waals surface area contributed by atoms with E-state index in [9.17, 15) is 4.79 Å². The smallest absolute Gasteiger partial charge is 0.338 e. The molecule has 27 heavy (non-hydrogen) atoms. The number of ether oxygens (including phenoxy) is 1. The van der Waals surface area contributed by atoms with Crippen LogP contribution in [-0.4, -0.2) is 31.5 Å². The molecule has 0 N–H and O–H groups in total. The van der Waals surface area contributed by atoms with E-state index in [4.69, 9.17) is 9.72 Å². The summed E-state index contributed by atoms with van der Waals surface area (Å²) in [4.78, 5) is 21.4. The van der Waals surface area contributed by atoms with Gasteiger partial charge in [-0.25, -0.2) is 14.8 Å². The van der Waals surface area contributed by atoms with Crippen LogP contribution in [0.15, 0.2) is 53.9 Å². The van der Waals surface area contributed by atoms with E-state index in [-0.39, 0.29) is 5.97 Å². The van der Waals surface area contributed by atoms with Gasteiger partial charge in [-0.05, 0) is 44.2 Å². The number of rotatable bonds is 6. The van der Waals surface area contributed by atoms with E-state index in [0.717, 1.165) is 39.8 Å². The molecule has 4 aromatic rings. The molecule has 0 fully saturated rings. The molecule has 0 unspecified atom stereocenters. The first-order chi connectivity index (χ1) is 13.2. The van der Waals surface area contributed by atoms with Crippen LogP contribution in [-0.2, 0) is 17.0 Å². The van der Waals surface area contributed by atoms with E-state index in [1.807, 2.05) is 41.1 Å². The van der Waals surface area contributed by atoms with Crippen LogP contribution in [0, 0.1) is 0 Å². The number of nitrogens with zero attached hydrogens (tertiary/aromatic N) is 4. The maximum atomic E-state index is 12.0. The predicted molar refractivity (Wildman–Crippen MR) is 106 cm³/mol. The van der Waals surface area contributed by atoms with Gasteiger partial charge in [0.2, 0.25) is 0 Å². The maximum absolute atomic E-state index is 12.0. The van der Waals surface area contributed by atoms with Crippen molar-refractivity contribution in [2.75, 3.05) is 6.61 Å². The molecule has 0 spiro atoms. The van der Waals surface area contributed by atoms with Crippen molar-refractivity contribution in [2.45, 2.75) is 31.3 Å². The Bertz CT molecular complexity index is 1080. The molecular formula is C20H20N4O2S. The number of esters is 1. The summed E-state index contributed by atoms with van der Waals surface area (Å²) in [5, 5.41) is 0.922. The number of pyridine rings is 1. The predicted octanol–water partition coefficient (Wildman–Crippen LogP) is 4.17. The van der Waals surface area contributed by atoms with Crippen molar-refractivity contribution in [3.8, 4) is 0 Å². The average Bonchev–Trinajstić information content (AvgIpc) is 3.26. The Morgan fingerprint density at radius 2 is 2.07 bits per heavy atom. The van der Waals surface area contributed by atoms with Crippen LogP contribution in [0.25, 0.3) is 16.7 Å². The summed E-state index contributed by atoms with van der Waals surface area (Å²) >= 11 is 1.65. The summed E-state index contributed by atoms with van der Waals surface area (Å²) in [7, 11) is 0. The first kappa shape index (κ1) is 17.6. The Balaban J connectivity index is 1.61. The van der Waals surface area contributed by atoms with Crippen molar-refractivity contribution < 1.29 is 9.53 Å². The van der Waals surface area contributed by atoms with Crippen molar-refractivity contribution in [1.29, 1.82) is 0 Å². The van der Waals surface area contributed by atoms with Crippen molar-refractivity contribution in [3.05, 3.63) is 60.0 Å². The Hall–Kier alpha value is -2.80. The van der Waals surface area contributed by atoms with Gasteiger partial charge in [0.1, 0.15) is 5.65 Å². The van der Waals surface area contributed by atoms with Gasteiger partial charge in [0, 0.05) is 24.7 Å². The SMILES string of the molecule is CCOC(=O)c1ccc2c(c1)nc(SCc1cn3ccccc3n1)n2CC. The van der Waals surface area contributed by atoms with Gasteiger partial charge in [-0.3, -0.25) is 0 Å². The van der Waals surface area contributed by atoms with Crippen molar-refractivity contribution in [3.63, 3.8) is 0 Å². The maximum Gasteiger partial charge on any atom is 0.338 e. The Labute approximate surface area is 161 Å². The molecule has 0 radical (unpaired) electrons. The number of hydrogen-bond donors (Lipinski definition) is 0. The highest BCUT2D eigenvalue weighted by molar-refractivity contribution is 7.98. The van der Waals surface area contributed by atoms with Gasteiger partial charge in [-0.1, -0.05) is 17.8 Å². The summed E-state index contributed by atoms with van der Waals surface area (Å²) in [5.41, 5.74) is 4.30. The number of imidazole rings is 2. The second-order valence-corrected chi connectivity index (χ2v) is 6.99. The molecule has 0 saturated carbocycles. The molecule has 0 aliphatic carbocycles. The fraction of sp³-hybridized carbons (Fsp3) is 0.250. The van der Waals surface area contributed by atoms with Gasteiger partial charge in [0.15, 0.2) is 5.16 Å². The zero-order chi connectivity index (χ0) is 18.8. The summed E-state index contributed by atoms with van der Waals surface area (Å²) in [5.74, 6) is 0.416. The number of hydrogen-bond acceptors (Lipinski definition) is 5. The molecule has 6 nitrogen and oxygen atoms in total. The molecule has 0 saturated heterocycles. The van der Waals surface area contributed by atoms with Crippen molar-refractivity contribution >= 4 is 34.4 Å². The van der Waals surface area contributed by atoms with Gasteiger partial charge < -0.3 is 13.7 Å². The normalized spacial score (nSPS) is 11.3. The highest BCUT2D eigenvalue weighted by Gasteiger charge is 2.14. The molecular weight excluding hydrogens is 360 g/mol. The third kappa shape index (κ3) is 3.42. The van der Waals surface area contributed by atoms with E-state index in [1.165, 1.54) is 0 Å². The van der Waals surface area contributed by atoms with E-state index in [0.29, 0.717) is 12.2 Å². The summed E-state index contributed by atoms with van der Waals surface area (Å²) in [6.45, 7) is 5.06. The molecule has 3 aromatic heterocycles. The van der Waals surface area contributed by atoms with Crippen LogP contribution in [0.4, 0.5) is 0 Å². The Morgan fingerprint density at radius 3 is 2.85 bits per heavy atom. The van der Waals surface area contributed by atoms with Gasteiger partial charge in [-0.15, -0.1) is 0 Å². The van der Waals surface area contributed by atoms with Gasteiger partial charge >= 0.3 is 5.97 Å². The summed E-state index contributed by atoms with van der Waals surface area (Å²) in [6.07, 6.45) is 4.04. The molecule has 1 aromatic carbocycles. The Morgan fingerprint density at radius 1 is 1.19 bits per heavy atom. The fourth-order valence-electron chi connectivity index (χ4n) is 3.06. The lowest BCUT2D eigenvalue weighted by Crippen LogP contribution is -2.04. The summed E-state index contributed by atoms with van der Waals surface area (Å²) in [6, 6.07) is 11.5. The number of fused-ring (bicyclic) bond motifs is 2. The molecule has 3 heterocycles. The molecule has 0 atom stereocenters. The molecule has 0 aliphatic rings. The second-order valence-electron chi connectivity index (χ2n) is 6.05. The van der Waals surface area contributed by atoms with Crippen LogP contribution in [0.2, 0.25) is 0 Å². The highest BCUT2D eigenvalue weighted by atomic mass is 32.2. The highest BCUT2D eigenvalue weighted by Crippen LogP contribution is 2.27. The molecule has 138 valence electrons. The molecule has 7 heteroatoms. The van der Waals surface area contributed by atoms with Gasteiger partial charge in [0.25, 0.3) is 0 Å². The van der Waals surface area contributed by atoms with Crippen LogP contribution < -0.4 is 0 Å². The van der Waals surface area contributed by atoms with Gasteiger partial charge in [-0.2, -0.15) is 0 Å². The van der Waals surface area contributed by atoms with E-state index in [2.05, 4.69) is 16.5 Å². The monoisotopic (exact) mass is 380 g/mol. The van der Waals surface area contributed by atoms with Gasteiger partial charge in [0.05, 0.1) is 28.9 Å². The van der Waals surface area contributed by atoms with Crippen LogP contribution in [0.1, 0.15) is 29.9 Å². The van der Waals surface area contributed by atoms with Crippen LogP contribution in [0.3, 0.4) is 0 Å². The lowest BCUT2D eigenvalue weighted by molar-refractivity contribution is 0.0526. The van der Waals surface area contributed by atoms with E-state index in [1.54, 1.807) is 30.8 Å². The van der Waals surface area contributed by atoms with E-state index < -0.39 is 0 Å². The fourth-order valence-corrected chi connectivity index (χ4v) is 4.02. The van der Waals surface area contributed by atoms with Crippen LogP contribution >= 0.6 is 11.8 Å². The molecule has 0 bridgehead atoms. The molecule has 0 aliphatic heterocycles. The first-order valence-electron chi connectivity index (χ1n) is 8.92. The minimum Gasteiger partial charge on any atom is -0.462 e. The zero-order valence-electron chi connectivity index (χ0n) is 15.3. The number of aryl methyl sites for hydroxylation is 1. The number of carbonyl (C=O) groups excluding carboxylic acids is 1.